The highest BCUT2D eigenvalue weighted by atomic mass is 19.1. The zero-order chi connectivity index (χ0) is 20.8. The summed E-state index contributed by atoms with van der Waals surface area (Å²) < 4.78 is 19.7. The molecule has 0 saturated heterocycles. The number of hydrogen-bond donors (Lipinski definition) is 2. The van der Waals surface area contributed by atoms with E-state index in [4.69, 9.17) is 4.74 Å². The standard InChI is InChI=1S/C22H20FN3O3/c1-14(2)29-18-7-3-5-15(11-18)21(27)25-16-8-9-20(23)19(12-16)22(28)26-17-6-4-10-24-13-17/h3-14H,1-2H3,(H,25,27)(H,26,28). The molecule has 29 heavy (non-hydrogen) atoms. The third-order valence-electron chi connectivity index (χ3n) is 3.86. The van der Waals surface area contributed by atoms with Gasteiger partial charge < -0.3 is 15.4 Å². The molecule has 0 unspecified atom stereocenters. The van der Waals surface area contributed by atoms with Crippen molar-refractivity contribution in [2.24, 2.45) is 0 Å². The summed E-state index contributed by atoms with van der Waals surface area (Å²) in [6.45, 7) is 3.78. The number of carbonyl (C=O) groups excluding carboxylic acids is 2. The molecule has 1 heterocycles. The van der Waals surface area contributed by atoms with Crippen LogP contribution in [0.15, 0.2) is 67.0 Å². The maximum Gasteiger partial charge on any atom is 0.258 e. The number of benzene rings is 2. The first-order valence-corrected chi connectivity index (χ1v) is 9.01. The van der Waals surface area contributed by atoms with Crippen LogP contribution in [0.25, 0.3) is 0 Å². The second kappa shape index (κ2) is 8.97. The highest BCUT2D eigenvalue weighted by molar-refractivity contribution is 6.07. The van der Waals surface area contributed by atoms with Gasteiger partial charge in [-0.3, -0.25) is 14.6 Å². The number of aromatic nitrogens is 1. The number of halogens is 1. The summed E-state index contributed by atoms with van der Waals surface area (Å²) in [6.07, 6.45) is 2.99. The molecule has 0 fully saturated rings. The number of rotatable bonds is 6. The van der Waals surface area contributed by atoms with Crippen LogP contribution in [-0.4, -0.2) is 22.9 Å². The van der Waals surface area contributed by atoms with E-state index >= 15 is 0 Å². The summed E-state index contributed by atoms with van der Waals surface area (Å²) in [6, 6.07) is 13.8. The molecule has 2 amide bonds. The van der Waals surface area contributed by atoms with E-state index in [-0.39, 0.29) is 11.7 Å². The first kappa shape index (κ1) is 20.0. The zero-order valence-corrected chi connectivity index (χ0v) is 16.0. The van der Waals surface area contributed by atoms with Crippen LogP contribution >= 0.6 is 0 Å². The number of amides is 2. The molecule has 0 aliphatic heterocycles. The summed E-state index contributed by atoms with van der Waals surface area (Å²) in [7, 11) is 0. The molecule has 0 aliphatic carbocycles. The summed E-state index contributed by atoms with van der Waals surface area (Å²) in [4.78, 5) is 28.8. The van der Waals surface area contributed by atoms with Gasteiger partial charge in [0, 0.05) is 17.4 Å². The maximum atomic E-state index is 14.2. The molecule has 2 N–H and O–H groups in total. The number of hydrogen-bond acceptors (Lipinski definition) is 4. The predicted molar refractivity (Wildman–Crippen MR) is 109 cm³/mol. The van der Waals surface area contributed by atoms with Gasteiger partial charge in [-0.2, -0.15) is 0 Å². The first-order valence-electron chi connectivity index (χ1n) is 9.01. The molecular formula is C22H20FN3O3. The summed E-state index contributed by atoms with van der Waals surface area (Å²) in [5, 5.41) is 5.24. The normalized spacial score (nSPS) is 10.5. The maximum absolute atomic E-state index is 14.2. The van der Waals surface area contributed by atoms with Gasteiger partial charge in [-0.25, -0.2) is 4.39 Å². The van der Waals surface area contributed by atoms with Crippen LogP contribution in [0.1, 0.15) is 34.6 Å². The van der Waals surface area contributed by atoms with Gasteiger partial charge in [-0.15, -0.1) is 0 Å². The van der Waals surface area contributed by atoms with E-state index in [2.05, 4.69) is 15.6 Å². The minimum absolute atomic E-state index is 0.0219. The van der Waals surface area contributed by atoms with Gasteiger partial charge in [0.15, 0.2) is 0 Å². The van der Waals surface area contributed by atoms with Crippen LogP contribution in [0.3, 0.4) is 0 Å². The molecule has 6 nitrogen and oxygen atoms in total. The SMILES string of the molecule is CC(C)Oc1cccc(C(=O)Nc2ccc(F)c(C(=O)Nc3cccnc3)c2)c1. The van der Waals surface area contributed by atoms with Crippen LogP contribution in [0.5, 0.6) is 5.75 Å². The molecule has 0 radical (unpaired) electrons. The van der Waals surface area contributed by atoms with E-state index < -0.39 is 17.6 Å². The van der Waals surface area contributed by atoms with Crippen molar-refractivity contribution < 1.29 is 18.7 Å². The Bertz CT molecular complexity index is 1020. The van der Waals surface area contributed by atoms with Crippen molar-refractivity contribution in [3.05, 3.63) is 83.9 Å². The third-order valence-corrected chi connectivity index (χ3v) is 3.86. The van der Waals surface area contributed by atoms with E-state index in [1.807, 2.05) is 13.8 Å². The molecule has 1 aromatic heterocycles. The van der Waals surface area contributed by atoms with Crippen LogP contribution in [-0.2, 0) is 0 Å². The number of ether oxygens (including phenoxy) is 1. The van der Waals surface area contributed by atoms with E-state index in [1.54, 1.807) is 42.6 Å². The first-order chi connectivity index (χ1) is 13.9. The van der Waals surface area contributed by atoms with Crippen LogP contribution < -0.4 is 15.4 Å². The average molecular weight is 393 g/mol. The smallest absolute Gasteiger partial charge is 0.258 e. The molecular weight excluding hydrogens is 373 g/mol. The Balaban J connectivity index is 1.76. The predicted octanol–water partition coefficient (Wildman–Crippen LogP) is 4.51. The zero-order valence-electron chi connectivity index (χ0n) is 16.0. The Kier molecular flexibility index (Phi) is 6.19. The lowest BCUT2D eigenvalue weighted by Crippen LogP contribution is -2.16. The Morgan fingerprint density at radius 2 is 1.76 bits per heavy atom. The van der Waals surface area contributed by atoms with Gasteiger partial charge in [0.05, 0.1) is 23.6 Å². The molecule has 3 aromatic rings. The highest BCUT2D eigenvalue weighted by Crippen LogP contribution is 2.19. The Hall–Kier alpha value is -3.74. The molecule has 0 saturated carbocycles. The fraction of sp³-hybridized carbons (Fsp3) is 0.136. The topological polar surface area (TPSA) is 80.3 Å². The number of carbonyl (C=O) groups is 2. The van der Waals surface area contributed by atoms with Crippen molar-refractivity contribution in [2.75, 3.05) is 10.6 Å². The van der Waals surface area contributed by atoms with Gasteiger partial charge in [0.25, 0.3) is 11.8 Å². The number of nitrogens with zero attached hydrogens (tertiary/aromatic N) is 1. The Morgan fingerprint density at radius 1 is 0.966 bits per heavy atom. The van der Waals surface area contributed by atoms with Gasteiger partial charge >= 0.3 is 0 Å². The van der Waals surface area contributed by atoms with Gasteiger partial charge in [0.2, 0.25) is 0 Å². The average Bonchev–Trinajstić information content (AvgIpc) is 2.70. The van der Waals surface area contributed by atoms with Gasteiger partial charge in [-0.1, -0.05) is 6.07 Å². The quantitative estimate of drug-likeness (QED) is 0.646. The second-order valence-corrected chi connectivity index (χ2v) is 6.54. The molecule has 0 spiro atoms. The number of anilines is 2. The lowest BCUT2D eigenvalue weighted by molar-refractivity contribution is 0.101. The van der Waals surface area contributed by atoms with Crippen molar-refractivity contribution in [3.8, 4) is 5.75 Å². The lowest BCUT2D eigenvalue weighted by atomic mass is 10.1. The van der Waals surface area contributed by atoms with Crippen LogP contribution in [0.2, 0.25) is 0 Å². The fourth-order valence-corrected chi connectivity index (χ4v) is 2.60. The Morgan fingerprint density at radius 3 is 2.48 bits per heavy atom. The summed E-state index contributed by atoms with van der Waals surface area (Å²) >= 11 is 0. The molecule has 3 rings (SSSR count). The molecule has 2 aromatic carbocycles. The van der Waals surface area contributed by atoms with E-state index in [1.165, 1.54) is 18.3 Å². The van der Waals surface area contributed by atoms with Crippen LogP contribution in [0.4, 0.5) is 15.8 Å². The minimum Gasteiger partial charge on any atom is -0.491 e. The molecule has 148 valence electrons. The van der Waals surface area contributed by atoms with E-state index in [0.717, 1.165) is 6.07 Å². The van der Waals surface area contributed by atoms with E-state index in [0.29, 0.717) is 22.7 Å². The fourth-order valence-electron chi connectivity index (χ4n) is 2.60. The second-order valence-electron chi connectivity index (χ2n) is 6.54. The van der Waals surface area contributed by atoms with Crippen molar-refractivity contribution >= 4 is 23.2 Å². The molecule has 0 bridgehead atoms. The van der Waals surface area contributed by atoms with Gasteiger partial charge in [-0.05, 0) is 62.4 Å². The van der Waals surface area contributed by atoms with Crippen molar-refractivity contribution in [3.63, 3.8) is 0 Å². The summed E-state index contributed by atoms with van der Waals surface area (Å²) in [5.41, 5.74) is 0.925. The number of pyridine rings is 1. The summed E-state index contributed by atoms with van der Waals surface area (Å²) in [5.74, 6) is -1.16. The van der Waals surface area contributed by atoms with Crippen molar-refractivity contribution in [1.82, 2.24) is 4.98 Å². The van der Waals surface area contributed by atoms with Crippen molar-refractivity contribution in [1.29, 1.82) is 0 Å². The largest absolute Gasteiger partial charge is 0.491 e. The number of nitrogens with one attached hydrogen (secondary N) is 2. The minimum atomic E-state index is -0.697. The lowest BCUT2D eigenvalue weighted by Gasteiger charge is -2.12. The molecule has 0 aliphatic rings. The monoisotopic (exact) mass is 393 g/mol. The van der Waals surface area contributed by atoms with Crippen LogP contribution in [0, 0.1) is 5.82 Å². The van der Waals surface area contributed by atoms with Crippen molar-refractivity contribution in [2.45, 2.75) is 20.0 Å². The Labute approximate surface area is 167 Å². The molecule has 0 atom stereocenters. The molecule has 7 heteroatoms. The highest BCUT2D eigenvalue weighted by Gasteiger charge is 2.15. The third kappa shape index (κ3) is 5.38. The van der Waals surface area contributed by atoms with E-state index in [9.17, 15) is 14.0 Å². The van der Waals surface area contributed by atoms with Gasteiger partial charge in [0.1, 0.15) is 11.6 Å².